The number of imidazole rings is 1. The quantitative estimate of drug-likeness (QED) is 0.735. The second-order valence-corrected chi connectivity index (χ2v) is 6.70. The van der Waals surface area contributed by atoms with E-state index in [0.29, 0.717) is 4.57 Å². The maximum absolute atomic E-state index is 12.9. The fourth-order valence-corrected chi connectivity index (χ4v) is 2.73. The molecule has 1 atom stereocenters. The van der Waals surface area contributed by atoms with Crippen molar-refractivity contribution in [3.63, 3.8) is 0 Å². The van der Waals surface area contributed by atoms with Gasteiger partial charge in [-0.1, -0.05) is 28.1 Å². The second kappa shape index (κ2) is 8.88. The molecule has 1 aromatic carbocycles. The Bertz CT molecular complexity index is 764. The van der Waals surface area contributed by atoms with Crippen molar-refractivity contribution < 1.29 is 18.4 Å². The SMILES string of the molecule is CC(=O)NC(CC(=O)N(C)Cc1nccn1C(F)F)c1ccc(Br)cc1. The third-order valence-corrected chi connectivity index (χ3v) is 4.32. The molecule has 2 amide bonds. The molecule has 26 heavy (non-hydrogen) atoms. The molecule has 0 spiro atoms. The number of hydrogen-bond acceptors (Lipinski definition) is 3. The first-order chi connectivity index (χ1) is 12.3. The van der Waals surface area contributed by atoms with E-state index in [9.17, 15) is 18.4 Å². The Morgan fingerprint density at radius 1 is 1.31 bits per heavy atom. The molecule has 2 rings (SSSR count). The van der Waals surface area contributed by atoms with E-state index in [1.807, 2.05) is 24.3 Å². The van der Waals surface area contributed by atoms with Gasteiger partial charge in [-0.25, -0.2) is 4.98 Å². The molecular formula is C17H19BrF2N4O2. The van der Waals surface area contributed by atoms with Crippen LogP contribution in [0.5, 0.6) is 0 Å². The summed E-state index contributed by atoms with van der Waals surface area (Å²) in [6, 6.07) is 6.74. The number of halogens is 3. The summed E-state index contributed by atoms with van der Waals surface area (Å²) in [5.41, 5.74) is 0.777. The predicted molar refractivity (Wildman–Crippen MR) is 95.3 cm³/mol. The molecular weight excluding hydrogens is 410 g/mol. The van der Waals surface area contributed by atoms with Gasteiger partial charge >= 0.3 is 6.55 Å². The lowest BCUT2D eigenvalue weighted by molar-refractivity contribution is -0.131. The van der Waals surface area contributed by atoms with Crippen molar-refractivity contribution in [2.75, 3.05) is 7.05 Å². The first-order valence-corrected chi connectivity index (χ1v) is 8.63. The summed E-state index contributed by atoms with van der Waals surface area (Å²) >= 11 is 3.34. The fourth-order valence-electron chi connectivity index (χ4n) is 2.47. The smallest absolute Gasteiger partial charge is 0.319 e. The van der Waals surface area contributed by atoms with Crippen LogP contribution in [0.4, 0.5) is 8.78 Å². The Morgan fingerprint density at radius 3 is 2.54 bits per heavy atom. The van der Waals surface area contributed by atoms with Crippen molar-refractivity contribution in [1.29, 1.82) is 0 Å². The third-order valence-electron chi connectivity index (χ3n) is 3.79. The van der Waals surface area contributed by atoms with Gasteiger partial charge in [-0.2, -0.15) is 8.78 Å². The van der Waals surface area contributed by atoms with Crippen LogP contribution in [-0.4, -0.2) is 33.3 Å². The maximum atomic E-state index is 12.9. The topological polar surface area (TPSA) is 67.2 Å². The number of nitrogens with zero attached hydrogens (tertiary/aromatic N) is 3. The van der Waals surface area contributed by atoms with Gasteiger partial charge in [0.15, 0.2) is 0 Å². The highest BCUT2D eigenvalue weighted by atomic mass is 79.9. The van der Waals surface area contributed by atoms with Crippen LogP contribution in [0.15, 0.2) is 41.1 Å². The van der Waals surface area contributed by atoms with Crippen molar-refractivity contribution >= 4 is 27.7 Å². The maximum Gasteiger partial charge on any atom is 0.319 e. The normalized spacial score (nSPS) is 12.1. The molecule has 1 heterocycles. The average Bonchev–Trinajstić information content (AvgIpc) is 3.02. The summed E-state index contributed by atoms with van der Waals surface area (Å²) in [4.78, 5) is 29.2. The molecule has 1 aromatic heterocycles. The Morgan fingerprint density at radius 2 is 1.96 bits per heavy atom. The van der Waals surface area contributed by atoms with E-state index in [1.54, 1.807) is 0 Å². The van der Waals surface area contributed by atoms with Crippen molar-refractivity contribution in [3.8, 4) is 0 Å². The summed E-state index contributed by atoms with van der Waals surface area (Å²) in [7, 11) is 1.51. The van der Waals surface area contributed by atoms with Crippen LogP contribution in [0.25, 0.3) is 0 Å². The molecule has 0 saturated carbocycles. The zero-order chi connectivity index (χ0) is 19.3. The number of hydrogen-bond donors (Lipinski definition) is 1. The van der Waals surface area contributed by atoms with Crippen LogP contribution in [0.3, 0.4) is 0 Å². The van der Waals surface area contributed by atoms with Crippen molar-refractivity contribution in [2.45, 2.75) is 32.5 Å². The van der Waals surface area contributed by atoms with E-state index in [0.717, 1.165) is 10.0 Å². The van der Waals surface area contributed by atoms with Gasteiger partial charge in [-0.05, 0) is 17.7 Å². The summed E-state index contributed by atoms with van der Waals surface area (Å²) in [6.07, 6.45) is 2.44. The molecule has 0 fully saturated rings. The minimum atomic E-state index is -2.72. The van der Waals surface area contributed by atoms with Gasteiger partial charge in [-0.15, -0.1) is 0 Å². The van der Waals surface area contributed by atoms with Crippen LogP contribution in [0, 0.1) is 0 Å². The number of rotatable bonds is 7. The molecule has 140 valence electrons. The number of alkyl halides is 2. The van der Waals surface area contributed by atoms with Crippen molar-refractivity contribution in [1.82, 2.24) is 19.8 Å². The molecule has 0 bridgehead atoms. The van der Waals surface area contributed by atoms with Gasteiger partial charge in [0.25, 0.3) is 0 Å². The number of carbonyl (C=O) groups is 2. The van der Waals surface area contributed by atoms with Crippen LogP contribution < -0.4 is 5.32 Å². The predicted octanol–water partition coefficient (Wildman–Crippen LogP) is 3.27. The summed E-state index contributed by atoms with van der Waals surface area (Å²) in [5, 5.41) is 2.75. The molecule has 6 nitrogen and oxygen atoms in total. The third kappa shape index (κ3) is 5.35. The van der Waals surface area contributed by atoms with Crippen molar-refractivity contribution in [2.24, 2.45) is 0 Å². The van der Waals surface area contributed by atoms with Crippen LogP contribution in [-0.2, 0) is 16.1 Å². The lowest BCUT2D eigenvalue weighted by atomic mass is 10.0. The Kier molecular flexibility index (Phi) is 6.84. The zero-order valence-electron chi connectivity index (χ0n) is 14.3. The molecule has 1 unspecified atom stereocenters. The summed E-state index contributed by atoms with van der Waals surface area (Å²) in [5.74, 6) is -0.465. The highest BCUT2D eigenvalue weighted by molar-refractivity contribution is 9.10. The molecule has 0 saturated heterocycles. The van der Waals surface area contributed by atoms with Crippen LogP contribution >= 0.6 is 15.9 Å². The zero-order valence-corrected chi connectivity index (χ0v) is 15.9. The molecule has 0 aliphatic carbocycles. The van der Waals surface area contributed by atoms with Gasteiger partial charge < -0.3 is 10.2 Å². The Labute approximate surface area is 158 Å². The largest absolute Gasteiger partial charge is 0.349 e. The number of nitrogens with one attached hydrogen (secondary N) is 1. The van der Waals surface area contributed by atoms with E-state index < -0.39 is 12.6 Å². The Hall–Kier alpha value is -2.29. The van der Waals surface area contributed by atoms with Crippen LogP contribution in [0.1, 0.15) is 37.3 Å². The second-order valence-electron chi connectivity index (χ2n) is 5.79. The molecule has 0 aliphatic rings. The number of benzene rings is 1. The standard InChI is InChI=1S/C17H19BrF2N4O2/c1-11(25)22-14(12-3-5-13(18)6-4-12)9-16(26)23(2)10-15-21-7-8-24(15)17(19)20/h3-8,14,17H,9-10H2,1-2H3,(H,22,25). The molecule has 0 radical (unpaired) electrons. The van der Waals surface area contributed by atoms with Crippen LogP contribution in [0.2, 0.25) is 0 Å². The average molecular weight is 429 g/mol. The van der Waals surface area contributed by atoms with Gasteiger partial charge in [0, 0.05) is 30.8 Å². The highest BCUT2D eigenvalue weighted by Gasteiger charge is 2.21. The highest BCUT2D eigenvalue weighted by Crippen LogP contribution is 2.21. The fraction of sp³-hybridized carbons (Fsp3) is 0.353. The lowest BCUT2D eigenvalue weighted by Crippen LogP contribution is -2.34. The van der Waals surface area contributed by atoms with Crippen molar-refractivity contribution in [3.05, 3.63) is 52.5 Å². The van der Waals surface area contributed by atoms with Gasteiger partial charge in [0.05, 0.1) is 19.0 Å². The number of carbonyl (C=O) groups excluding carboxylic acids is 2. The Balaban J connectivity index is 2.09. The monoisotopic (exact) mass is 428 g/mol. The van der Waals surface area contributed by atoms with E-state index in [-0.39, 0.29) is 30.6 Å². The number of aromatic nitrogens is 2. The first-order valence-electron chi connectivity index (χ1n) is 7.84. The van der Waals surface area contributed by atoms with Gasteiger partial charge in [0.2, 0.25) is 11.8 Å². The minimum absolute atomic E-state index is 0.00704. The summed E-state index contributed by atoms with van der Waals surface area (Å²) in [6.45, 7) is -1.39. The molecule has 1 N–H and O–H groups in total. The van der Waals surface area contributed by atoms with Gasteiger partial charge in [-0.3, -0.25) is 14.2 Å². The van der Waals surface area contributed by atoms with E-state index >= 15 is 0 Å². The molecule has 0 aliphatic heterocycles. The lowest BCUT2D eigenvalue weighted by Gasteiger charge is -2.22. The minimum Gasteiger partial charge on any atom is -0.349 e. The van der Waals surface area contributed by atoms with E-state index in [2.05, 4.69) is 26.2 Å². The van der Waals surface area contributed by atoms with E-state index in [4.69, 9.17) is 0 Å². The number of amides is 2. The van der Waals surface area contributed by atoms with E-state index in [1.165, 1.54) is 31.3 Å². The molecule has 2 aromatic rings. The summed E-state index contributed by atoms with van der Waals surface area (Å²) < 4.78 is 27.4. The molecule has 9 heteroatoms. The first kappa shape index (κ1) is 20.0. The van der Waals surface area contributed by atoms with Gasteiger partial charge in [0.1, 0.15) is 5.82 Å².